The van der Waals surface area contributed by atoms with Gasteiger partial charge in [-0.1, -0.05) is 6.07 Å². The molecule has 0 bridgehead atoms. The molecule has 0 saturated heterocycles. The van der Waals surface area contributed by atoms with Crippen molar-refractivity contribution in [2.75, 3.05) is 6.26 Å². The van der Waals surface area contributed by atoms with Gasteiger partial charge in [-0.2, -0.15) is 8.78 Å². The van der Waals surface area contributed by atoms with Gasteiger partial charge in [-0.15, -0.1) is 0 Å². The second kappa shape index (κ2) is 4.35. The van der Waals surface area contributed by atoms with E-state index in [-0.39, 0.29) is 10.9 Å². The van der Waals surface area contributed by atoms with Crippen molar-refractivity contribution in [2.45, 2.75) is 25.0 Å². The Hall–Kier alpha value is -0.840. The smallest absolute Gasteiger partial charge is 0.259 e. The van der Waals surface area contributed by atoms with Crippen LogP contribution in [0.25, 0.3) is 0 Å². The summed E-state index contributed by atoms with van der Waals surface area (Å²) in [4.78, 5) is 3.67. The predicted molar refractivity (Wildman–Crippen MR) is 56.3 cm³/mol. The van der Waals surface area contributed by atoms with Gasteiger partial charge in [0.2, 0.25) is 0 Å². The summed E-state index contributed by atoms with van der Waals surface area (Å²) in [5, 5.41) is -0.183. The highest BCUT2D eigenvalue weighted by Gasteiger charge is 2.26. The van der Waals surface area contributed by atoms with Crippen LogP contribution in [0.1, 0.15) is 30.4 Å². The van der Waals surface area contributed by atoms with Gasteiger partial charge < -0.3 is 0 Å². The first-order chi connectivity index (χ1) is 6.82. The Labute approximate surface area is 90.2 Å². The van der Waals surface area contributed by atoms with Gasteiger partial charge in [-0.25, -0.2) is 0 Å². The largest absolute Gasteiger partial charge is 0.286 e. The Morgan fingerprint density at radius 1 is 1.47 bits per heavy atom. The van der Waals surface area contributed by atoms with Crippen molar-refractivity contribution in [3.05, 3.63) is 29.6 Å². The van der Waals surface area contributed by atoms with Crippen LogP contribution in [0.5, 0.6) is 0 Å². The summed E-state index contributed by atoms with van der Waals surface area (Å²) < 4.78 is 36.8. The number of hydrogen-bond acceptors (Lipinski definition) is 2. The van der Waals surface area contributed by atoms with Crippen molar-refractivity contribution in [1.82, 2.24) is 4.98 Å². The van der Waals surface area contributed by atoms with Crippen LogP contribution < -0.4 is 0 Å². The zero-order valence-corrected chi connectivity index (χ0v) is 9.65. The average Bonchev–Trinajstić information content (AvgIpc) is 2.15. The van der Waals surface area contributed by atoms with E-state index in [1.54, 1.807) is 19.2 Å². The molecular weight excluding hydrogens is 220 g/mol. The Morgan fingerprint density at radius 2 is 2.07 bits per heavy atom. The van der Waals surface area contributed by atoms with Gasteiger partial charge in [0.25, 0.3) is 5.92 Å². The minimum atomic E-state index is -2.92. The zero-order valence-electron chi connectivity index (χ0n) is 8.83. The molecule has 5 heteroatoms. The van der Waals surface area contributed by atoms with E-state index in [1.165, 1.54) is 12.3 Å². The number of alkyl halides is 2. The molecule has 0 radical (unpaired) electrons. The highest BCUT2D eigenvalue weighted by Crippen LogP contribution is 2.26. The first-order valence-electron chi connectivity index (χ1n) is 4.49. The monoisotopic (exact) mass is 233 g/mol. The summed E-state index contributed by atoms with van der Waals surface area (Å²) in [5.74, 6) is -2.92. The van der Waals surface area contributed by atoms with Crippen molar-refractivity contribution in [2.24, 2.45) is 0 Å². The molecule has 0 fully saturated rings. The maximum Gasteiger partial charge on any atom is 0.286 e. The van der Waals surface area contributed by atoms with Gasteiger partial charge in [0, 0.05) is 30.2 Å². The Bertz CT molecular complexity index is 359. The van der Waals surface area contributed by atoms with Crippen molar-refractivity contribution < 1.29 is 13.0 Å². The fourth-order valence-corrected chi connectivity index (χ4v) is 1.62. The van der Waals surface area contributed by atoms with E-state index in [2.05, 4.69) is 4.98 Å². The number of nitrogens with zero attached hydrogens (tertiary/aromatic N) is 1. The summed E-state index contributed by atoms with van der Waals surface area (Å²) in [6.45, 7) is 2.58. The lowest BCUT2D eigenvalue weighted by atomic mass is 10.1. The summed E-state index contributed by atoms with van der Waals surface area (Å²) in [5.41, 5.74) is 0.448. The molecule has 1 rings (SSSR count). The summed E-state index contributed by atoms with van der Waals surface area (Å²) in [6, 6.07) is 2.82. The second-order valence-electron chi connectivity index (χ2n) is 3.51. The molecule has 0 aliphatic carbocycles. The third kappa shape index (κ3) is 3.06. The van der Waals surface area contributed by atoms with Gasteiger partial charge in [0.1, 0.15) is 5.69 Å². The number of pyridine rings is 1. The summed E-state index contributed by atoms with van der Waals surface area (Å²) in [7, 11) is -1.02. The van der Waals surface area contributed by atoms with Gasteiger partial charge in [-0.3, -0.25) is 9.19 Å². The standard InChI is InChI=1S/C10H13F2NOS/c1-7(15(3)14)8-4-5-9(13-6-8)10(2,11)12/h4-7H,1-3H3. The van der Waals surface area contributed by atoms with Gasteiger partial charge in [0.05, 0.1) is 5.25 Å². The number of rotatable bonds is 3. The lowest BCUT2D eigenvalue weighted by molar-refractivity contribution is 0.0127. The molecule has 84 valence electrons. The molecule has 1 heterocycles. The van der Waals surface area contributed by atoms with E-state index in [1.807, 2.05) is 0 Å². The van der Waals surface area contributed by atoms with E-state index in [0.29, 0.717) is 5.56 Å². The molecule has 0 N–H and O–H groups in total. The quantitative estimate of drug-likeness (QED) is 0.803. The lowest BCUT2D eigenvalue weighted by Gasteiger charge is -2.12. The van der Waals surface area contributed by atoms with Crippen molar-refractivity contribution in [1.29, 1.82) is 0 Å². The third-order valence-corrected chi connectivity index (χ3v) is 3.47. The van der Waals surface area contributed by atoms with Crippen molar-refractivity contribution in [3.8, 4) is 0 Å². The molecule has 0 aliphatic rings. The van der Waals surface area contributed by atoms with E-state index in [0.717, 1.165) is 6.92 Å². The molecule has 2 unspecified atom stereocenters. The number of aromatic nitrogens is 1. The van der Waals surface area contributed by atoms with Crippen LogP contribution in [0.4, 0.5) is 8.78 Å². The number of halogens is 2. The van der Waals surface area contributed by atoms with Crippen molar-refractivity contribution in [3.63, 3.8) is 0 Å². The molecule has 1 aromatic rings. The van der Waals surface area contributed by atoms with Gasteiger partial charge in [-0.05, 0) is 18.6 Å². The van der Waals surface area contributed by atoms with E-state index in [9.17, 15) is 13.0 Å². The molecule has 2 atom stereocenters. The molecule has 0 spiro atoms. The Kier molecular flexibility index (Phi) is 3.54. The highest BCUT2D eigenvalue weighted by molar-refractivity contribution is 7.84. The van der Waals surface area contributed by atoms with E-state index < -0.39 is 16.7 Å². The predicted octanol–water partition coefficient (Wildman–Crippen LogP) is 2.63. The van der Waals surface area contributed by atoms with Crippen molar-refractivity contribution >= 4 is 10.8 Å². The summed E-state index contributed by atoms with van der Waals surface area (Å²) >= 11 is 0. The number of hydrogen-bond donors (Lipinski definition) is 0. The molecule has 15 heavy (non-hydrogen) atoms. The van der Waals surface area contributed by atoms with Crippen LogP contribution in [0.2, 0.25) is 0 Å². The maximum absolute atomic E-state index is 12.8. The van der Waals surface area contributed by atoms with Gasteiger partial charge in [0.15, 0.2) is 0 Å². The van der Waals surface area contributed by atoms with Crippen LogP contribution in [-0.4, -0.2) is 15.4 Å². The minimum Gasteiger partial charge on any atom is -0.259 e. The second-order valence-corrected chi connectivity index (χ2v) is 5.21. The SMILES string of the molecule is CC(c1ccc(C(C)(F)F)nc1)S(C)=O. The molecule has 0 saturated carbocycles. The molecule has 1 aromatic heterocycles. The van der Waals surface area contributed by atoms with E-state index >= 15 is 0 Å². The first-order valence-corrected chi connectivity index (χ1v) is 6.11. The third-order valence-electron chi connectivity index (χ3n) is 2.20. The molecule has 0 aromatic carbocycles. The van der Waals surface area contributed by atoms with E-state index in [4.69, 9.17) is 0 Å². The zero-order chi connectivity index (χ0) is 11.6. The molecular formula is C10H13F2NOS. The highest BCUT2D eigenvalue weighted by atomic mass is 32.2. The summed E-state index contributed by atoms with van der Waals surface area (Å²) in [6.07, 6.45) is 2.94. The average molecular weight is 233 g/mol. The molecule has 0 amide bonds. The van der Waals surface area contributed by atoms with Crippen LogP contribution >= 0.6 is 0 Å². The first kappa shape index (κ1) is 12.2. The lowest BCUT2D eigenvalue weighted by Crippen LogP contribution is -2.10. The maximum atomic E-state index is 12.8. The van der Waals surface area contributed by atoms with Crippen LogP contribution in [-0.2, 0) is 16.7 Å². The van der Waals surface area contributed by atoms with Crippen LogP contribution in [0, 0.1) is 0 Å². The fourth-order valence-electron chi connectivity index (χ4n) is 1.10. The topological polar surface area (TPSA) is 30.0 Å². The molecule has 2 nitrogen and oxygen atoms in total. The van der Waals surface area contributed by atoms with Crippen LogP contribution in [0.3, 0.4) is 0 Å². The minimum absolute atomic E-state index is 0.183. The molecule has 0 aliphatic heterocycles. The normalized spacial score (nSPS) is 16.1. The van der Waals surface area contributed by atoms with Gasteiger partial charge >= 0.3 is 0 Å². The Balaban J connectivity index is 2.95. The fraction of sp³-hybridized carbons (Fsp3) is 0.500. The Morgan fingerprint density at radius 3 is 2.40 bits per heavy atom. The van der Waals surface area contributed by atoms with Crippen LogP contribution in [0.15, 0.2) is 18.3 Å².